The summed E-state index contributed by atoms with van der Waals surface area (Å²) in [6.45, 7) is 5.15. The van der Waals surface area contributed by atoms with Crippen molar-refractivity contribution in [2.24, 2.45) is 4.99 Å². The van der Waals surface area contributed by atoms with Crippen molar-refractivity contribution in [3.8, 4) is 11.5 Å². The number of nitrogens with one attached hydrogen (secondary N) is 1. The molecule has 0 fully saturated rings. The second kappa shape index (κ2) is 11.0. The molecule has 4 rings (SSSR count). The number of hydrogen-bond acceptors (Lipinski definition) is 4. The third-order valence-corrected chi connectivity index (χ3v) is 4.92. The van der Waals surface area contributed by atoms with Crippen LogP contribution in [-0.4, -0.2) is 40.8 Å². The molecule has 0 atom stereocenters. The molecule has 164 valence electrons. The van der Waals surface area contributed by atoms with Crippen molar-refractivity contribution in [1.82, 2.24) is 19.8 Å². The number of aliphatic imine (C=N–C) groups is 1. The van der Waals surface area contributed by atoms with Crippen molar-refractivity contribution in [2.75, 3.05) is 20.4 Å². The van der Waals surface area contributed by atoms with E-state index in [1.165, 1.54) is 5.56 Å². The van der Waals surface area contributed by atoms with Crippen molar-refractivity contribution in [1.29, 1.82) is 0 Å². The number of benzene rings is 2. The van der Waals surface area contributed by atoms with Gasteiger partial charge in [-0.3, -0.25) is 0 Å². The van der Waals surface area contributed by atoms with Gasteiger partial charge in [0.2, 0.25) is 6.79 Å². The van der Waals surface area contributed by atoms with Gasteiger partial charge >= 0.3 is 0 Å². The van der Waals surface area contributed by atoms with Crippen LogP contribution in [-0.2, 0) is 19.6 Å². The van der Waals surface area contributed by atoms with Crippen LogP contribution in [0.1, 0.15) is 23.9 Å². The van der Waals surface area contributed by atoms with Crippen LogP contribution in [0.15, 0.2) is 65.9 Å². The molecule has 1 aliphatic heterocycles. The molecule has 0 saturated heterocycles. The molecule has 1 aromatic heterocycles. The van der Waals surface area contributed by atoms with Gasteiger partial charge < -0.3 is 24.3 Å². The smallest absolute Gasteiger partial charge is 0.231 e. The van der Waals surface area contributed by atoms with E-state index in [2.05, 4.69) is 57.0 Å². The molecular weight excluding hydrogens is 505 g/mol. The minimum Gasteiger partial charge on any atom is -0.454 e. The fraction of sp³-hybridized carbons (Fsp3) is 0.304. The van der Waals surface area contributed by atoms with Crippen molar-refractivity contribution < 1.29 is 9.47 Å². The van der Waals surface area contributed by atoms with Gasteiger partial charge in [0.1, 0.15) is 12.4 Å². The maximum atomic E-state index is 5.49. The highest BCUT2D eigenvalue weighted by atomic mass is 127. The van der Waals surface area contributed by atoms with Crippen molar-refractivity contribution >= 4 is 29.9 Å². The minimum absolute atomic E-state index is 0. The maximum absolute atomic E-state index is 5.49. The molecule has 3 aromatic rings. The SMILES string of the molecule is CCNC(=NCc1nccn1Cc1ccccc1)N(C)Cc1ccc2c(c1)OCO2.I. The Morgan fingerprint density at radius 2 is 1.94 bits per heavy atom. The van der Waals surface area contributed by atoms with Crippen LogP contribution in [0, 0.1) is 0 Å². The second-order valence-corrected chi connectivity index (χ2v) is 7.17. The molecule has 0 unspecified atom stereocenters. The van der Waals surface area contributed by atoms with Crippen LogP contribution in [0.4, 0.5) is 0 Å². The molecule has 2 heterocycles. The number of rotatable bonds is 7. The van der Waals surface area contributed by atoms with E-state index in [0.717, 1.165) is 41.9 Å². The second-order valence-electron chi connectivity index (χ2n) is 7.17. The lowest BCUT2D eigenvalue weighted by Gasteiger charge is -2.22. The predicted molar refractivity (Wildman–Crippen MR) is 132 cm³/mol. The first-order chi connectivity index (χ1) is 14.7. The van der Waals surface area contributed by atoms with E-state index in [1.807, 2.05) is 37.6 Å². The molecule has 1 N–H and O–H groups in total. The molecule has 2 aromatic carbocycles. The van der Waals surface area contributed by atoms with E-state index >= 15 is 0 Å². The zero-order chi connectivity index (χ0) is 20.8. The molecule has 0 amide bonds. The van der Waals surface area contributed by atoms with Crippen LogP contribution >= 0.6 is 24.0 Å². The number of fused-ring (bicyclic) bond motifs is 1. The van der Waals surface area contributed by atoms with Gasteiger partial charge in [-0.05, 0) is 30.2 Å². The normalized spacial score (nSPS) is 12.4. The van der Waals surface area contributed by atoms with Gasteiger partial charge in [-0.2, -0.15) is 0 Å². The highest BCUT2D eigenvalue weighted by molar-refractivity contribution is 14.0. The largest absolute Gasteiger partial charge is 0.454 e. The van der Waals surface area contributed by atoms with Crippen LogP contribution < -0.4 is 14.8 Å². The lowest BCUT2D eigenvalue weighted by atomic mass is 10.2. The van der Waals surface area contributed by atoms with Gasteiger partial charge in [-0.25, -0.2) is 9.98 Å². The minimum atomic E-state index is 0. The van der Waals surface area contributed by atoms with Gasteiger partial charge in [0.05, 0.1) is 0 Å². The summed E-state index contributed by atoms with van der Waals surface area (Å²) in [7, 11) is 2.03. The van der Waals surface area contributed by atoms with Crippen LogP contribution in [0.2, 0.25) is 0 Å². The number of nitrogens with zero attached hydrogens (tertiary/aromatic N) is 4. The summed E-state index contributed by atoms with van der Waals surface area (Å²) in [4.78, 5) is 11.4. The first-order valence-corrected chi connectivity index (χ1v) is 10.1. The Labute approximate surface area is 200 Å². The Hall–Kier alpha value is -2.75. The average Bonchev–Trinajstić information content (AvgIpc) is 3.40. The number of aromatic nitrogens is 2. The van der Waals surface area contributed by atoms with Crippen molar-refractivity contribution in [2.45, 2.75) is 26.6 Å². The lowest BCUT2D eigenvalue weighted by molar-refractivity contribution is 0.174. The van der Waals surface area contributed by atoms with Gasteiger partial charge in [0.25, 0.3) is 0 Å². The molecular formula is C23H28IN5O2. The van der Waals surface area contributed by atoms with E-state index in [1.54, 1.807) is 0 Å². The number of ether oxygens (including phenoxy) is 2. The standard InChI is InChI=1S/C23H27N5O2.HI/c1-3-24-23(27(2)15-19-9-10-20-21(13-19)30-17-29-20)26-14-22-25-11-12-28(22)16-18-7-5-4-6-8-18;/h4-13H,3,14-17H2,1-2H3,(H,24,26);1H. The molecule has 0 aliphatic carbocycles. The van der Waals surface area contributed by atoms with Gasteiger partial charge in [-0.1, -0.05) is 36.4 Å². The molecule has 0 radical (unpaired) electrons. The summed E-state index contributed by atoms with van der Waals surface area (Å²) in [5.41, 5.74) is 2.38. The zero-order valence-corrected chi connectivity index (χ0v) is 20.2. The summed E-state index contributed by atoms with van der Waals surface area (Å²) in [5, 5.41) is 3.37. The quantitative estimate of drug-likeness (QED) is 0.284. The Balaban J connectivity index is 0.00000272. The van der Waals surface area contributed by atoms with E-state index < -0.39 is 0 Å². The Morgan fingerprint density at radius 3 is 2.74 bits per heavy atom. The van der Waals surface area contributed by atoms with E-state index in [0.29, 0.717) is 13.1 Å². The van der Waals surface area contributed by atoms with Crippen LogP contribution in [0.25, 0.3) is 0 Å². The van der Waals surface area contributed by atoms with Crippen molar-refractivity contribution in [3.05, 3.63) is 77.9 Å². The Bertz CT molecular complexity index is 1010. The lowest BCUT2D eigenvalue weighted by Crippen LogP contribution is -2.38. The van der Waals surface area contributed by atoms with Crippen LogP contribution in [0.5, 0.6) is 11.5 Å². The molecule has 1 aliphatic rings. The predicted octanol–water partition coefficient (Wildman–Crippen LogP) is 3.88. The fourth-order valence-corrected chi connectivity index (χ4v) is 3.42. The van der Waals surface area contributed by atoms with Crippen molar-refractivity contribution in [3.63, 3.8) is 0 Å². The van der Waals surface area contributed by atoms with Gasteiger partial charge in [0.15, 0.2) is 17.5 Å². The number of guanidine groups is 1. The molecule has 8 heteroatoms. The highest BCUT2D eigenvalue weighted by Crippen LogP contribution is 2.32. The van der Waals surface area contributed by atoms with Gasteiger partial charge in [0, 0.05) is 39.1 Å². The molecule has 0 spiro atoms. The molecule has 31 heavy (non-hydrogen) atoms. The molecule has 0 saturated carbocycles. The Kier molecular flexibility index (Phi) is 8.16. The number of hydrogen-bond donors (Lipinski definition) is 1. The first kappa shape index (κ1) is 22.9. The Morgan fingerprint density at radius 1 is 1.13 bits per heavy atom. The zero-order valence-electron chi connectivity index (χ0n) is 17.8. The summed E-state index contributed by atoms with van der Waals surface area (Å²) >= 11 is 0. The number of imidazole rings is 1. The third kappa shape index (κ3) is 5.90. The van der Waals surface area contributed by atoms with E-state index in [4.69, 9.17) is 14.5 Å². The average molecular weight is 533 g/mol. The van der Waals surface area contributed by atoms with Crippen LogP contribution in [0.3, 0.4) is 0 Å². The third-order valence-electron chi connectivity index (χ3n) is 4.92. The summed E-state index contributed by atoms with van der Waals surface area (Å²) in [6.07, 6.45) is 3.83. The highest BCUT2D eigenvalue weighted by Gasteiger charge is 2.15. The van der Waals surface area contributed by atoms with E-state index in [-0.39, 0.29) is 30.8 Å². The van der Waals surface area contributed by atoms with Gasteiger partial charge in [-0.15, -0.1) is 24.0 Å². The molecule has 7 nitrogen and oxygen atoms in total. The fourth-order valence-electron chi connectivity index (χ4n) is 3.42. The topological polar surface area (TPSA) is 63.9 Å². The molecule has 0 bridgehead atoms. The number of halogens is 1. The summed E-state index contributed by atoms with van der Waals surface area (Å²) < 4.78 is 13.0. The van der Waals surface area contributed by atoms with E-state index in [9.17, 15) is 0 Å². The monoisotopic (exact) mass is 533 g/mol. The maximum Gasteiger partial charge on any atom is 0.231 e. The summed E-state index contributed by atoms with van der Waals surface area (Å²) in [5.74, 6) is 3.37. The summed E-state index contributed by atoms with van der Waals surface area (Å²) in [6, 6.07) is 16.4. The first-order valence-electron chi connectivity index (χ1n) is 10.1.